The zero-order chi connectivity index (χ0) is 19.4. The molecule has 146 valence electrons. The van der Waals surface area contributed by atoms with E-state index in [9.17, 15) is 19.7 Å². The summed E-state index contributed by atoms with van der Waals surface area (Å²) in [5.74, 6) is -0.432. The molecule has 0 atom stereocenters. The van der Waals surface area contributed by atoms with Gasteiger partial charge in [0.15, 0.2) is 5.58 Å². The van der Waals surface area contributed by atoms with Gasteiger partial charge in [0.2, 0.25) is 5.91 Å². The number of nitro groups is 1. The van der Waals surface area contributed by atoms with E-state index in [-0.39, 0.29) is 17.2 Å². The van der Waals surface area contributed by atoms with Crippen LogP contribution in [0.15, 0.2) is 27.4 Å². The lowest BCUT2D eigenvalue weighted by molar-refractivity contribution is -0.384. The van der Waals surface area contributed by atoms with Crippen molar-refractivity contribution in [3.63, 3.8) is 0 Å². The van der Waals surface area contributed by atoms with Gasteiger partial charge in [-0.3, -0.25) is 19.5 Å². The van der Waals surface area contributed by atoms with E-state index in [0.29, 0.717) is 37.5 Å². The van der Waals surface area contributed by atoms with Crippen molar-refractivity contribution in [2.45, 2.75) is 64.5 Å². The first kappa shape index (κ1) is 19.1. The standard InChI is InChI=1S/C19H25N3O5/c1-2-20(14-7-4-3-5-8-14)18(23)9-6-12-21-16-11-10-15(22(25)26)13-17(16)27-19(21)24/h10-11,13-14H,2-9,12H2,1H3. The molecule has 0 saturated heterocycles. The normalized spacial score (nSPS) is 15.1. The van der Waals surface area contributed by atoms with E-state index in [1.54, 1.807) is 0 Å². The van der Waals surface area contributed by atoms with Crippen molar-refractivity contribution >= 4 is 22.7 Å². The summed E-state index contributed by atoms with van der Waals surface area (Å²) in [6, 6.07) is 4.45. The van der Waals surface area contributed by atoms with E-state index in [4.69, 9.17) is 4.42 Å². The van der Waals surface area contributed by atoms with Crippen LogP contribution in [0, 0.1) is 10.1 Å². The number of carbonyl (C=O) groups excluding carboxylic acids is 1. The van der Waals surface area contributed by atoms with Crippen molar-refractivity contribution in [3.8, 4) is 0 Å². The van der Waals surface area contributed by atoms with Gasteiger partial charge in [-0.05, 0) is 32.3 Å². The van der Waals surface area contributed by atoms with Crippen LogP contribution in [-0.2, 0) is 11.3 Å². The first-order chi connectivity index (χ1) is 13.0. The van der Waals surface area contributed by atoms with Crippen molar-refractivity contribution in [1.82, 2.24) is 9.47 Å². The zero-order valence-electron chi connectivity index (χ0n) is 15.6. The van der Waals surface area contributed by atoms with Gasteiger partial charge < -0.3 is 9.32 Å². The highest BCUT2D eigenvalue weighted by atomic mass is 16.6. The molecule has 1 aliphatic carbocycles. The molecule has 0 radical (unpaired) electrons. The average molecular weight is 375 g/mol. The van der Waals surface area contributed by atoms with Crippen LogP contribution in [0.3, 0.4) is 0 Å². The lowest BCUT2D eigenvalue weighted by atomic mass is 9.94. The number of oxazole rings is 1. The van der Waals surface area contributed by atoms with E-state index in [1.807, 2.05) is 11.8 Å². The minimum atomic E-state index is -0.558. The molecule has 1 aromatic carbocycles. The molecule has 0 bridgehead atoms. The molecule has 0 N–H and O–H groups in total. The number of carbonyl (C=O) groups is 1. The largest absolute Gasteiger partial charge is 0.419 e. The number of amides is 1. The fourth-order valence-electron chi connectivity index (χ4n) is 3.94. The van der Waals surface area contributed by atoms with Gasteiger partial charge in [0.25, 0.3) is 5.69 Å². The van der Waals surface area contributed by atoms with Crippen molar-refractivity contribution in [1.29, 1.82) is 0 Å². The Morgan fingerprint density at radius 1 is 1.33 bits per heavy atom. The van der Waals surface area contributed by atoms with E-state index in [0.717, 1.165) is 12.8 Å². The fraction of sp³-hybridized carbons (Fsp3) is 0.579. The molecule has 0 aliphatic heterocycles. The maximum atomic E-state index is 12.6. The smallest absolute Gasteiger partial charge is 0.407 e. The fourth-order valence-corrected chi connectivity index (χ4v) is 3.94. The van der Waals surface area contributed by atoms with Crippen LogP contribution in [0.5, 0.6) is 0 Å². The molecule has 1 fully saturated rings. The van der Waals surface area contributed by atoms with Crippen LogP contribution in [0.2, 0.25) is 0 Å². The second-order valence-corrected chi connectivity index (χ2v) is 7.00. The Balaban J connectivity index is 1.64. The van der Waals surface area contributed by atoms with Crippen LogP contribution in [0.4, 0.5) is 5.69 Å². The number of fused-ring (bicyclic) bond motifs is 1. The monoisotopic (exact) mass is 375 g/mol. The summed E-state index contributed by atoms with van der Waals surface area (Å²) in [5.41, 5.74) is 0.584. The Hall–Kier alpha value is -2.64. The summed E-state index contributed by atoms with van der Waals surface area (Å²) in [5, 5.41) is 10.8. The summed E-state index contributed by atoms with van der Waals surface area (Å²) >= 11 is 0. The van der Waals surface area contributed by atoms with Gasteiger partial charge >= 0.3 is 5.76 Å². The second-order valence-electron chi connectivity index (χ2n) is 7.00. The molecule has 2 aromatic rings. The molecular formula is C19H25N3O5. The topological polar surface area (TPSA) is 98.6 Å². The molecule has 27 heavy (non-hydrogen) atoms. The third kappa shape index (κ3) is 4.20. The maximum absolute atomic E-state index is 12.6. The number of non-ortho nitro benzene ring substituents is 1. The molecule has 1 aliphatic rings. The number of hydrogen-bond acceptors (Lipinski definition) is 5. The Morgan fingerprint density at radius 3 is 2.74 bits per heavy atom. The number of aryl methyl sites for hydroxylation is 1. The van der Waals surface area contributed by atoms with Crippen molar-refractivity contribution < 1.29 is 14.1 Å². The van der Waals surface area contributed by atoms with Gasteiger partial charge in [0.05, 0.1) is 16.5 Å². The summed E-state index contributed by atoms with van der Waals surface area (Å²) in [6.45, 7) is 3.06. The van der Waals surface area contributed by atoms with Gasteiger partial charge in [0.1, 0.15) is 0 Å². The first-order valence-corrected chi connectivity index (χ1v) is 9.58. The molecule has 1 amide bonds. The molecule has 8 nitrogen and oxygen atoms in total. The SMILES string of the molecule is CCN(C(=O)CCCn1c(=O)oc2cc([N+](=O)[O-])ccc21)C1CCCCC1. The highest BCUT2D eigenvalue weighted by Gasteiger charge is 2.23. The third-order valence-corrected chi connectivity index (χ3v) is 5.31. The number of nitrogens with zero attached hydrogens (tertiary/aromatic N) is 3. The zero-order valence-corrected chi connectivity index (χ0v) is 15.6. The van der Waals surface area contributed by atoms with Gasteiger partial charge in [-0.15, -0.1) is 0 Å². The predicted octanol–water partition coefficient (Wildman–Crippen LogP) is 3.46. The number of aromatic nitrogens is 1. The minimum Gasteiger partial charge on any atom is -0.407 e. The van der Waals surface area contributed by atoms with Crippen LogP contribution in [-0.4, -0.2) is 32.9 Å². The van der Waals surface area contributed by atoms with Gasteiger partial charge in [-0.1, -0.05) is 19.3 Å². The Morgan fingerprint density at radius 2 is 2.07 bits per heavy atom. The molecule has 1 saturated carbocycles. The molecule has 0 unspecified atom stereocenters. The lowest BCUT2D eigenvalue weighted by Crippen LogP contribution is -2.41. The highest BCUT2D eigenvalue weighted by molar-refractivity contribution is 5.77. The van der Waals surface area contributed by atoms with E-state index < -0.39 is 10.7 Å². The quantitative estimate of drug-likeness (QED) is 0.545. The van der Waals surface area contributed by atoms with Crippen molar-refractivity contribution in [2.75, 3.05) is 6.54 Å². The van der Waals surface area contributed by atoms with Gasteiger partial charge in [0, 0.05) is 31.6 Å². The van der Waals surface area contributed by atoms with Crippen LogP contribution in [0.25, 0.3) is 11.1 Å². The third-order valence-electron chi connectivity index (χ3n) is 5.31. The summed E-state index contributed by atoms with van der Waals surface area (Å²) in [6.07, 6.45) is 6.64. The molecule has 1 aromatic heterocycles. The lowest BCUT2D eigenvalue weighted by Gasteiger charge is -2.33. The highest BCUT2D eigenvalue weighted by Crippen LogP contribution is 2.24. The number of benzene rings is 1. The average Bonchev–Trinajstić information content (AvgIpc) is 2.98. The Labute approximate surface area is 156 Å². The second kappa shape index (κ2) is 8.37. The van der Waals surface area contributed by atoms with Gasteiger partial charge in [-0.2, -0.15) is 0 Å². The predicted molar refractivity (Wildman–Crippen MR) is 101 cm³/mol. The molecular weight excluding hydrogens is 350 g/mol. The molecule has 1 heterocycles. The van der Waals surface area contributed by atoms with Crippen LogP contribution in [0.1, 0.15) is 51.9 Å². The van der Waals surface area contributed by atoms with E-state index in [1.165, 1.54) is 42.0 Å². The Bertz CT molecular complexity index is 879. The van der Waals surface area contributed by atoms with Crippen LogP contribution >= 0.6 is 0 Å². The molecule has 0 spiro atoms. The van der Waals surface area contributed by atoms with Crippen LogP contribution < -0.4 is 5.76 Å². The minimum absolute atomic E-state index is 0.121. The summed E-state index contributed by atoms with van der Waals surface area (Å²) in [7, 11) is 0. The summed E-state index contributed by atoms with van der Waals surface area (Å²) in [4.78, 5) is 37.0. The van der Waals surface area contributed by atoms with E-state index in [2.05, 4.69) is 0 Å². The van der Waals surface area contributed by atoms with Crippen molar-refractivity contribution in [3.05, 3.63) is 38.9 Å². The number of rotatable bonds is 7. The molecule has 3 rings (SSSR count). The number of hydrogen-bond donors (Lipinski definition) is 0. The maximum Gasteiger partial charge on any atom is 0.419 e. The van der Waals surface area contributed by atoms with E-state index >= 15 is 0 Å². The first-order valence-electron chi connectivity index (χ1n) is 9.58. The Kier molecular flexibility index (Phi) is 5.93. The van der Waals surface area contributed by atoms with Crippen molar-refractivity contribution in [2.24, 2.45) is 0 Å². The molecule has 8 heteroatoms. The number of nitro benzene ring substituents is 1. The summed E-state index contributed by atoms with van der Waals surface area (Å²) < 4.78 is 6.55. The van der Waals surface area contributed by atoms with Gasteiger partial charge in [-0.25, -0.2) is 4.79 Å².